The zero-order valence-corrected chi connectivity index (χ0v) is 15.7. The average Bonchev–Trinajstić information content (AvgIpc) is 3.47. The van der Waals surface area contributed by atoms with E-state index in [1.165, 1.54) is 0 Å². The van der Waals surface area contributed by atoms with E-state index in [0.717, 1.165) is 5.69 Å². The number of hydrogen-bond acceptors (Lipinski definition) is 4. The predicted molar refractivity (Wildman–Crippen MR) is 108 cm³/mol. The second-order valence-electron chi connectivity index (χ2n) is 6.64. The number of fused-ring (bicyclic) bond motifs is 1. The van der Waals surface area contributed by atoms with Gasteiger partial charge in [-0.3, -0.25) is 4.79 Å². The van der Waals surface area contributed by atoms with E-state index < -0.39 is 0 Å². The van der Waals surface area contributed by atoms with Crippen molar-refractivity contribution in [1.82, 2.24) is 14.3 Å². The van der Waals surface area contributed by atoms with E-state index in [-0.39, 0.29) is 12.7 Å². The molecule has 7 heteroatoms. The molecule has 0 bridgehead atoms. The number of para-hydroxylation sites is 1. The number of aromatic nitrogens is 3. The molecule has 5 rings (SSSR count). The Labute approximate surface area is 167 Å². The normalized spacial score (nSPS) is 12.2. The van der Waals surface area contributed by atoms with Crippen molar-refractivity contribution in [2.45, 2.75) is 6.92 Å². The van der Waals surface area contributed by atoms with Gasteiger partial charge in [-0.2, -0.15) is 5.10 Å². The van der Waals surface area contributed by atoms with E-state index in [1.54, 1.807) is 22.9 Å². The predicted octanol–water partition coefficient (Wildman–Crippen LogP) is 3.95. The molecule has 1 aliphatic heterocycles. The SMILES string of the molecule is Cc1nn(-c2ccccc2)c(-n2cccc2)c1C(=O)Nc1ccc2c(c1)OCO2. The number of carbonyl (C=O) groups excluding carboxylic acids is 1. The number of rotatable bonds is 4. The van der Waals surface area contributed by atoms with Crippen molar-refractivity contribution in [3.05, 3.63) is 84.3 Å². The molecule has 0 radical (unpaired) electrons. The van der Waals surface area contributed by atoms with Crippen molar-refractivity contribution in [3.63, 3.8) is 0 Å². The van der Waals surface area contributed by atoms with E-state index in [9.17, 15) is 4.79 Å². The standard InChI is InChI=1S/C22H18N4O3/c1-15-20(21(27)23-16-9-10-18-19(13-16)29-14-28-18)22(25-11-5-6-12-25)26(24-15)17-7-3-2-4-8-17/h2-13H,14H2,1H3,(H,23,27). The Morgan fingerprint density at radius 2 is 1.76 bits per heavy atom. The van der Waals surface area contributed by atoms with Gasteiger partial charge in [-0.1, -0.05) is 18.2 Å². The van der Waals surface area contributed by atoms with Crippen LogP contribution in [0.15, 0.2) is 73.1 Å². The van der Waals surface area contributed by atoms with Crippen molar-refractivity contribution >= 4 is 11.6 Å². The van der Waals surface area contributed by atoms with Crippen molar-refractivity contribution in [2.75, 3.05) is 12.1 Å². The van der Waals surface area contributed by atoms with Crippen molar-refractivity contribution < 1.29 is 14.3 Å². The van der Waals surface area contributed by atoms with Crippen LogP contribution in [0, 0.1) is 6.92 Å². The highest BCUT2D eigenvalue weighted by Gasteiger charge is 2.24. The monoisotopic (exact) mass is 386 g/mol. The number of amides is 1. The van der Waals surface area contributed by atoms with Crippen LogP contribution in [-0.2, 0) is 0 Å². The van der Waals surface area contributed by atoms with Crippen molar-refractivity contribution in [3.8, 4) is 23.0 Å². The fourth-order valence-electron chi connectivity index (χ4n) is 3.41. The summed E-state index contributed by atoms with van der Waals surface area (Å²) in [6.07, 6.45) is 3.79. The molecule has 4 aromatic rings. The average molecular weight is 386 g/mol. The second kappa shape index (κ2) is 6.87. The first kappa shape index (κ1) is 17.1. The zero-order chi connectivity index (χ0) is 19.8. The van der Waals surface area contributed by atoms with Gasteiger partial charge in [0.15, 0.2) is 17.3 Å². The minimum Gasteiger partial charge on any atom is -0.454 e. The van der Waals surface area contributed by atoms with Gasteiger partial charge in [-0.05, 0) is 43.3 Å². The van der Waals surface area contributed by atoms with Crippen LogP contribution in [0.25, 0.3) is 11.5 Å². The minimum atomic E-state index is -0.243. The quantitative estimate of drug-likeness (QED) is 0.577. The van der Waals surface area contributed by atoms with E-state index in [4.69, 9.17) is 9.47 Å². The van der Waals surface area contributed by atoms with Gasteiger partial charge < -0.3 is 19.4 Å². The fraction of sp³-hybridized carbons (Fsp3) is 0.0909. The number of nitrogens with one attached hydrogen (secondary N) is 1. The maximum Gasteiger partial charge on any atom is 0.261 e. The van der Waals surface area contributed by atoms with Gasteiger partial charge in [0, 0.05) is 24.1 Å². The van der Waals surface area contributed by atoms with Gasteiger partial charge in [0.1, 0.15) is 5.56 Å². The summed E-state index contributed by atoms with van der Waals surface area (Å²) >= 11 is 0. The lowest BCUT2D eigenvalue weighted by atomic mass is 10.2. The van der Waals surface area contributed by atoms with Crippen LogP contribution in [-0.4, -0.2) is 27.0 Å². The molecule has 144 valence electrons. The highest BCUT2D eigenvalue weighted by atomic mass is 16.7. The Kier molecular flexibility index (Phi) is 4.05. The van der Waals surface area contributed by atoms with Gasteiger partial charge >= 0.3 is 0 Å². The van der Waals surface area contributed by atoms with Crippen LogP contribution < -0.4 is 14.8 Å². The lowest BCUT2D eigenvalue weighted by Crippen LogP contribution is -2.16. The summed E-state index contributed by atoms with van der Waals surface area (Å²) in [6, 6.07) is 18.9. The Morgan fingerprint density at radius 1 is 1.00 bits per heavy atom. The summed E-state index contributed by atoms with van der Waals surface area (Å²) < 4.78 is 14.4. The summed E-state index contributed by atoms with van der Waals surface area (Å²) in [6.45, 7) is 2.02. The van der Waals surface area contributed by atoms with Crippen LogP contribution >= 0.6 is 0 Å². The van der Waals surface area contributed by atoms with E-state index in [2.05, 4.69) is 10.4 Å². The molecular weight excluding hydrogens is 368 g/mol. The van der Waals surface area contributed by atoms with Crippen molar-refractivity contribution in [1.29, 1.82) is 0 Å². The third-order valence-electron chi connectivity index (χ3n) is 4.74. The first-order chi connectivity index (χ1) is 14.2. The minimum absolute atomic E-state index is 0.188. The molecule has 0 aliphatic carbocycles. The van der Waals surface area contributed by atoms with E-state index >= 15 is 0 Å². The molecule has 29 heavy (non-hydrogen) atoms. The number of nitrogens with zero attached hydrogens (tertiary/aromatic N) is 3. The highest BCUT2D eigenvalue weighted by Crippen LogP contribution is 2.34. The molecule has 1 N–H and O–H groups in total. The summed E-state index contributed by atoms with van der Waals surface area (Å²) in [5, 5.41) is 7.60. The molecule has 0 saturated heterocycles. The number of benzene rings is 2. The molecule has 0 atom stereocenters. The smallest absolute Gasteiger partial charge is 0.261 e. The number of ether oxygens (including phenoxy) is 2. The molecule has 2 aromatic carbocycles. The first-order valence-electron chi connectivity index (χ1n) is 9.20. The third kappa shape index (κ3) is 3.02. The van der Waals surface area contributed by atoms with Crippen molar-refractivity contribution in [2.24, 2.45) is 0 Å². The molecule has 0 spiro atoms. The largest absolute Gasteiger partial charge is 0.454 e. The third-order valence-corrected chi connectivity index (χ3v) is 4.74. The molecular formula is C22H18N4O3. The van der Waals surface area contributed by atoms with Gasteiger partial charge in [0.05, 0.1) is 11.4 Å². The molecule has 3 heterocycles. The van der Waals surface area contributed by atoms with Crippen LogP contribution in [0.4, 0.5) is 5.69 Å². The first-order valence-corrected chi connectivity index (χ1v) is 9.20. The Hall–Kier alpha value is -4.00. The van der Waals surface area contributed by atoms with E-state index in [1.807, 2.05) is 66.3 Å². The summed E-state index contributed by atoms with van der Waals surface area (Å²) in [5.41, 5.74) is 2.64. The Bertz CT molecular complexity index is 1180. The highest BCUT2D eigenvalue weighted by molar-refractivity contribution is 6.07. The number of carbonyl (C=O) groups is 1. The second-order valence-corrected chi connectivity index (χ2v) is 6.64. The number of aryl methyl sites for hydroxylation is 1. The van der Waals surface area contributed by atoms with Gasteiger partial charge in [-0.15, -0.1) is 0 Å². The maximum atomic E-state index is 13.2. The summed E-state index contributed by atoms with van der Waals surface area (Å²) in [7, 11) is 0. The summed E-state index contributed by atoms with van der Waals surface area (Å²) in [4.78, 5) is 13.2. The van der Waals surface area contributed by atoms with Gasteiger partial charge in [-0.25, -0.2) is 4.68 Å². The molecule has 0 fully saturated rings. The fourth-order valence-corrected chi connectivity index (χ4v) is 3.41. The molecule has 1 aliphatic rings. The van der Waals surface area contributed by atoms with Gasteiger partial charge in [0.2, 0.25) is 6.79 Å². The van der Waals surface area contributed by atoms with Crippen LogP contribution in [0.1, 0.15) is 16.1 Å². The molecule has 1 amide bonds. The maximum absolute atomic E-state index is 13.2. The van der Waals surface area contributed by atoms with Crippen LogP contribution in [0.5, 0.6) is 11.5 Å². The molecule has 7 nitrogen and oxygen atoms in total. The molecule has 0 unspecified atom stereocenters. The van der Waals surface area contributed by atoms with Crippen LogP contribution in [0.2, 0.25) is 0 Å². The summed E-state index contributed by atoms with van der Waals surface area (Å²) in [5.74, 6) is 1.72. The number of anilines is 1. The lowest BCUT2D eigenvalue weighted by Gasteiger charge is -2.11. The lowest BCUT2D eigenvalue weighted by molar-refractivity contribution is 0.102. The molecule has 0 saturated carbocycles. The molecule has 2 aromatic heterocycles. The van der Waals surface area contributed by atoms with Crippen LogP contribution in [0.3, 0.4) is 0 Å². The number of hydrogen-bond donors (Lipinski definition) is 1. The zero-order valence-electron chi connectivity index (χ0n) is 15.7. The Morgan fingerprint density at radius 3 is 2.55 bits per heavy atom. The topological polar surface area (TPSA) is 70.3 Å². The Balaban J connectivity index is 1.57. The van der Waals surface area contributed by atoms with Gasteiger partial charge in [0.25, 0.3) is 5.91 Å². The van der Waals surface area contributed by atoms with E-state index in [0.29, 0.717) is 34.3 Å².